The lowest BCUT2D eigenvalue weighted by Crippen LogP contribution is -2.12. The van der Waals surface area contributed by atoms with Crippen LogP contribution in [0.4, 0.5) is 0 Å². The number of benzene rings is 1. The van der Waals surface area contributed by atoms with Gasteiger partial charge in [0, 0.05) is 18.3 Å². The van der Waals surface area contributed by atoms with Crippen LogP contribution in [0.3, 0.4) is 0 Å². The summed E-state index contributed by atoms with van der Waals surface area (Å²) in [6, 6.07) is 12.1. The second-order valence-corrected chi connectivity index (χ2v) is 5.05. The van der Waals surface area contributed by atoms with E-state index >= 15 is 0 Å². The largest absolute Gasteiger partial charge is 0.411 e. The molecule has 100 valence electrons. The maximum Gasteiger partial charge on any atom is 0.120 e. The highest BCUT2D eigenvalue weighted by molar-refractivity contribution is 6.02. The zero-order chi connectivity index (χ0) is 14.1. The van der Waals surface area contributed by atoms with Gasteiger partial charge >= 0.3 is 0 Å². The fraction of sp³-hybridized carbons (Fsp3) is 0.250. The highest BCUT2D eigenvalue weighted by Gasteiger charge is 2.17. The smallest absolute Gasteiger partial charge is 0.120 e. The second-order valence-electron chi connectivity index (χ2n) is 5.05. The van der Waals surface area contributed by atoms with Crippen LogP contribution >= 0.6 is 0 Å². The van der Waals surface area contributed by atoms with Crippen LogP contribution in [0, 0.1) is 11.3 Å². The fourth-order valence-corrected chi connectivity index (χ4v) is 2.84. The summed E-state index contributed by atoms with van der Waals surface area (Å²) in [5, 5.41) is 21.5. The third kappa shape index (κ3) is 1.88. The maximum absolute atomic E-state index is 9.05. The molecule has 2 aromatic rings. The van der Waals surface area contributed by atoms with Crippen LogP contribution in [-0.2, 0) is 13.5 Å². The minimum atomic E-state index is 0.648. The van der Waals surface area contributed by atoms with Crippen LogP contribution in [-0.4, -0.2) is 15.5 Å². The number of rotatable bonds is 1. The van der Waals surface area contributed by atoms with Gasteiger partial charge in [-0.15, -0.1) is 0 Å². The monoisotopic (exact) mass is 265 g/mol. The summed E-state index contributed by atoms with van der Waals surface area (Å²) in [5.74, 6) is 0. The van der Waals surface area contributed by atoms with E-state index in [2.05, 4.69) is 17.3 Å². The molecule has 0 bridgehead atoms. The number of hydrogen-bond acceptors (Lipinski definition) is 3. The van der Waals surface area contributed by atoms with E-state index in [0.717, 1.165) is 41.8 Å². The lowest BCUT2D eigenvalue weighted by Gasteiger charge is -2.18. The average Bonchev–Trinajstić information content (AvgIpc) is 2.86. The molecule has 3 rings (SSSR count). The van der Waals surface area contributed by atoms with Crippen LogP contribution < -0.4 is 0 Å². The van der Waals surface area contributed by atoms with E-state index in [1.807, 2.05) is 35.9 Å². The van der Waals surface area contributed by atoms with Crippen molar-refractivity contribution in [2.24, 2.45) is 12.2 Å². The Morgan fingerprint density at radius 1 is 1.25 bits per heavy atom. The molecule has 0 aliphatic heterocycles. The molecule has 4 nitrogen and oxygen atoms in total. The Bertz CT molecular complexity index is 735. The van der Waals surface area contributed by atoms with E-state index in [-0.39, 0.29) is 0 Å². The van der Waals surface area contributed by atoms with Crippen molar-refractivity contribution in [3.8, 4) is 17.3 Å². The zero-order valence-corrected chi connectivity index (χ0v) is 11.3. The quantitative estimate of drug-likeness (QED) is 0.636. The summed E-state index contributed by atoms with van der Waals surface area (Å²) in [6.45, 7) is 0. The van der Waals surface area contributed by atoms with Gasteiger partial charge in [0.2, 0.25) is 0 Å². The van der Waals surface area contributed by atoms with Gasteiger partial charge in [0.25, 0.3) is 0 Å². The van der Waals surface area contributed by atoms with Crippen molar-refractivity contribution >= 4 is 5.71 Å². The number of aromatic nitrogens is 1. The van der Waals surface area contributed by atoms with Gasteiger partial charge < -0.3 is 9.77 Å². The third-order valence-corrected chi connectivity index (χ3v) is 3.93. The maximum atomic E-state index is 9.05. The molecule has 1 heterocycles. The molecule has 0 saturated carbocycles. The molecule has 1 aliphatic carbocycles. The van der Waals surface area contributed by atoms with Gasteiger partial charge in [-0.2, -0.15) is 5.26 Å². The SMILES string of the molecule is Cn1c(C#N)ccc1-c1ccc2c(c1)CCCC2=NO. The zero-order valence-electron chi connectivity index (χ0n) is 11.3. The predicted octanol–water partition coefficient (Wildman–Crippen LogP) is 3.08. The van der Waals surface area contributed by atoms with Gasteiger partial charge in [-0.3, -0.25) is 0 Å². The molecule has 1 aliphatic rings. The molecule has 0 amide bonds. The third-order valence-electron chi connectivity index (χ3n) is 3.93. The Hall–Kier alpha value is -2.54. The molecular weight excluding hydrogens is 250 g/mol. The Labute approximate surface area is 117 Å². The van der Waals surface area contributed by atoms with Crippen LogP contribution in [0.1, 0.15) is 29.7 Å². The molecule has 0 saturated heterocycles. The molecule has 1 aromatic carbocycles. The van der Waals surface area contributed by atoms with Gasteiger partial charge in [-0.25, -0.2) is 0 Å². The first-order valence-corrected chi connectivity index (χ1v) is 6.65. The van der Waals surface area contributed by atoms with Gasteiger partial charge in [-0.1, -0.05) is 17.3 Å². The topological polar surface area (TPSA) is 61.3 Å². The van der Waals surface area contributed by atoms with Crippen molar-refractivity contribution in [3.05, 3.63) is 47.2 Å². The molecule has 0 fully saturated rings. The van der Waals surface area contributed by atoms with Crippen LogP contribution in [0.15, 0.2) is 35.5 Å². The fourth-order valence-electron chi connectivity index (χ4n) is 2.84. The molecule has 0 spiro atoms. The number of hydrogen-bond donors (Lipinski definition) is 1. The lowest BCUT2D eigenvalue weighted by molar-refractivity contribution is 0.317. The van der Waals surface area contributed by atoms with E-state index in [9.17, 15) is 0 Å². The minimum Gasteiger partial charge on any atom is -0.411 e. The summed E-state index contributed by atoms with van der Waals surface area (Å²) in [5.41, 5.74) is 5.78. The summed E-state index contributed by atoms with van der Waals surface area (Å²) < 4.78 is 1.89. The highest BCUT2D eigenvalue weighted by Crippen LogP contribution is 2.28. The van der Waals surface area contributed by atoms with Crippen LogP contribution in [0.25, 0.3) is 11.3 Å². The van der Waals surface area contributed by atoms with Gasteiger partial charge in [0.1, 0.15) is 11.8 Å². The number of oxime groups is 1. The first kappa shape index (κ1) is 12.5. The Balaban J connectivity index is 2.09. The van der Waals surface area contributed by atoms with Crippen molar-refractivity contribution in [1.82, 2.24) is 4.57 Å². The summed E-state index contributed by atoms with van der Waals surface area (Å²) >= 11 is 0. The van der Waals surface area contributed by atoms with Gasteiger partial charge in [0.15, 0.2) is 0 Å². The van der Waals surface area contributed by atoms with Crippen LogP contribution in [0.2, 0.25) is 0 Å². The Morgan fingerprint density at radius 3 is 2.80 bits per heavy atom. The van der Waals surface area contributed by atoms with E-state index in [1.165, 1.54) is 5.56 Å². The molecule has 4 heteroatoms. The van der Waals surface area contributed by atoms with Crippen molar-refractivity contribution in [2.75, 3.05) is 0 Å². The average molecular weight is 265 g/mol. The van der Waals surface area contributed by atoms with Crippen molar-refractivity contribution < 1.29 is 5.21 Å². The number of nitrogens with zero attached hydrogens (tertiary/aromatic N) is 3. The Kier molecular flexibility index (Phi) is 3.03. The van der Waals surface area contributed by atoms with Gasteiger partial charge in [-0.05, 0) is 48.6 Å². The number of aryl methyl sites for hydroxylation is 1. The normalized spacial score (nSPS) is 15.9. The summed E-state index contributed by atoms with van der Waals surface area (Å²) in [6.07, 6.45) is 2.83. The molecule has 0 unspecified atom stereocenters. The van der Waals surface area contributed by atoms with E-state index < -0.39 is 0 Å². The molecule has 20 heavy (non-hydrogen) atoms. The molecular formula is C16H15N3O. The van der Waals surface area contributed by atoms with E-state index in [0.29, 0.717) is 5.69 Å². The van der Waals surface area contributed by atoms with Gasteiger partial charge in [0.05, 0.1) is 5.71 Å². The number of fused-ring (bicyclic) bond motifs is 1. The van der Waals surface area contributed by atoms with E-state index in [1.54, 1.807) is 0 Å². The molecule has 0 radical (unpaired) electrons. The van der Waals surface area contributed by atoms with Crippen molar-refractivity contribution in [3.63, 3.8) is 0 Å². The van der Waals surface area contributed by atoms with Crippen LogP contribution in [0.5, 0.6) is 0 Å². The first-order valence-electron chi connectivity index (χ1n) is 6.65. The highest BCUT2D eigenvalue weighted by atomic mass is 16.4. The Morgan fingerprint density at radius 2 is 2.10 bits per heavy atom. The lowest BCUT2D eigenvalue weighted by atomic mass is 9.88. The second kappa shape index (κ2) is 4.86. The minimum absolute atomic E-state index is 0.648. The summed E-state index contributed by atoms with van der Waals surface area (Å²) in [7, 11) is 1.90. The predicted molar refractivity (Wildman–Crippen MR) is 76.8 cm³/mol. The summed E-state index contributed by atoms with van der Waals surface area (Å²) in [4.78, 5) is 0. The molecule has 0 atom stereocenters. The number of nitriles is 1. The standard InChI is InChI=1S/C16H15N3O/c1-19-13(10-17)6-8-16(19)12-5-7-14-11(9-12)3-2-4-15(14)18-20/h5-9,20H,2-4H2,1H3. The first-order chi connectivity index (χ1) is 9.74. The van der Waals surface area contributed by atoms with Crippen molar-refractivity contribution in [1.29, 1.82) is 5.26 Å². The van der Waals surface area contributed by atoms with E-state index in [4.69, 9.17) is 10.5 Å². The van der Waals surface area contributed by atoms with Crippen molar-refractivity contribution in [2.45, 2.75) is 19.3 Å². The molecule has 1 aromatic heterocycles. The molecule has 1 N–H and O–H groups in total.